The van der Waals surface area contributed by atoms with Crippen molar-refractivity contribution in [2.24, 2.45) is 0 Å². The lowest BCUT2D eigenvalue weighted by molar-refractivity contribution is -0.129. The molecule has 0 radical (unpaired) electrons. The van der Waals surface area contributed by atoms with Crippen molar-refractivity contribution in [3.05, 3.63) is 0 Å². The summed E-state index contributed by atoms with van der Waals surface area (Å²) < 4.78 is 0. The Kier molecular flexibility index (Phi) is 4.81. The topological polar surface area (TPSA) is 69.6 Å². The molecule has 66 valence electrons. The Morgan fingerprint density at radius 3 is 2.45 bits per heavy atom. The van der Waals surface area contributed by atoms with Crippen LogP contribution in [0.1, 0.15) is 20.3 Å². The van der Waals surface area contributed by atoms with Crippen LogP contribution in [0, 0.1) is 0 Å². The summed E-state index contributed by atoms with van der Waals surface area (Å²) in [7, 11) is 0. The molecule has 11 heavy (non-hydrogen) atoms. The highest BCUT2D eigenvalue weighted by Gasteiger charge is 2.10. The number of hydrogen-bond donors (Lipinski definition) is 3. The number of nitrogens with one attached hydrogen (secondary N) is 1. The molecule has 0 aromatic heterocycles. The zero-order chi connectivity index (χ0) is 8.85. The first-order valence-electron chi connectivity index (χ1n) is 3.67. The van der Waals surface area contributed by atoms with Crippen molar-refractivity contribution >= 4 is 5.91 Å². The third kappa shape index (κ3) is 4.75. The summed E-state index contributed by atoms with van der Waals surface area (Å²) in [6.07, 6.45) is -0.463. The van der Waals surface area contributed by atoms with Crippen molar-refractivity contribution in [1.82, 2.24) is 5.32 Å². The Balaban J connectivity index is 3.57. The fourth-order valence-corrected chi connectivity index (χ4v) is 0.629. The van der Waals surface area contributed by atoms with Gasteiger partial charge in [0.2, 0.25) is 5.91 Å². The summed E-state index contributed by atoms with van der Waals surface area (Å²) in [6.45, 7) is 3.22. The molecule has 1 unspecified atom stereocenters. The van der Waals surface area contributed by atoms with E-state index in [2.05, 4.69) is 5.32 Å². The largest absolute Gasteiger partial charge is 0.396 e. The SMILES string of the molecule is CC(CCO)NC(=O)[C@@H](C)O. The predicted molar refractivity (Wildman–Crippen MR) is 41.0 cm³/mol. The highest BCUT2D eigenvalue weighted by molar-refractivity contribution is 5.80. The van der Waals surface area contributed by atoms with Crippen LogP contribution >= 0.6 is 0 Å². The summed E-state index contributed by atoms with van der Waals surface area (Å²) in [5, 5.41) is 19.8. The van der Waals surface area contributed by atoms with Gasteiger partial charge in [0, 0.05) is 12.6 Å². The molecule has 0 aliphatic heterocycles. The quantitative estimate of drug-likeness (QED) is 0.508. The van der Waals surface area contributed by atoms with Gasteiger partial charge in [-0.05, 0) is 20.3 Å². The van der Waals surface area contributed by atoms with Crippen LogP contribution in [0.3, 0.4) is 0 Å². The molecule has 0 saturated heterocycles. The van der Waals surface area contributed by atoms with Gasteiger partial charge in [-0.25, -0.2) is 0 Å². The first-order valence-corrected chi connectivity index (χ1v) is 3.67. The van der Waals surface area contributed by atoms with Gasteiger partial charge in [0.15, 0.2) is 0 Å². The molecule has 0 saturated carbocycles. The minimum Gasteiger partial charge on any atom is -0.396 e. The number of rotatable bonds is 4. The van der Waals surface area contributed by atoms with Gasteiger partial charge >= 0.3 is 0 Å². The van der Waals surface area contributed by atoms with Crippen LogP contribution in [-0.2, 0) is 4.79 Å². The van der Waals surface area contributed by atoms with Gasteiger partial charge in [-0.1, -0.05) is 0 Å². The van der Waals surface area contributed by atoms with E-state index >= 15 is 0 Å². The fraction of sp³-hybridized carbons (Fsp3) is 0.857. The highest BCUT2D eigenvalue weighted by atomic mass is 16.3. The van der Waals surface area contributed by atoms with E-state index in [1.807, 2.05) is 0 Å². The zero-order valence-corrected chi connectivity index (χ0v) is 6.87. The summed E-state index contributed by atoms with van der Waals surface area (Å²) in [5.41, 5.74) is 0. The van der Waals surface area contributed by atoms with Crippen molar-refractivity contribution in [1.29, 1.82) is 0 Å². The normalized spacial score (nSPS) is 15.6. The Bertz CT molecular complexity index is 125. The van der Waals surface area contributed by atoms with Gasteiger partial charge in [0.05, 0.1) is 0 Å². The molecule has 0 heterocycles. The van der Waals surface area contributed by atoms with Gasteiger partial charge < -0.3 is 15.5 Å². The van der Waals surface area contributed by atoms with E-state index < -0.39 is 12.0 Å². The van der Waals surface area contributed by atoms with Crippen LogP contribution in [0.25, 0.3) is 0 Å². The molecule has 0 aromatic rings. The summed E-state index contributed by atoms with van der Waals surface area (Å²) in [6, 6.07) is -0.0814. The lowest BCUT2D eigenvalue weighted by Crippen LogP contribution is -2.39. The van der Waals surface area contributed by atoms with Crippen LogP contribution in [0.15, 0.2) is 0 Å². The van der Waals surface area contributed by atoms with Gasteiger partial charge in [0.25, 0.3) is 0 Å². The number of carbonyl (C=O) groups excluding carboxylic acids is 1. The van der Waals surface area contributed by atoms with E-state index in [0.29, 0.717) is 6.42 Å². The molecule has 2 atom stereocenters. The Morgan fingerprint density at radius 1 is 1.55 bits per heavy atom. The van der Waals surface area contributed by atoms with Crippen LogP contribution in [0.4, 0.5) is 0 Å². The Hall–Kier alpha value is -0.610. The first kappa shape index (κ1) is 10.4. The van der Waals surface area contributed by atoms with Crippen molar-refractivity contribution < 1.29 is 15.0 Å². The highest BCUT2D eigenvalue weighted by Crippen LogP contribution is 1.89. The molecule has 0 aliphatic carbocycles. The van der Waals surface area contributed by atoms with E-state index in [9.17, 15) is 4.79 Å². The van der Waals surface area contributed by atoms with E-state index in [1.54, 1.807) is 6.92 Å². The standard InChI is InChI=1S/C7H15NO3/c1-5(3-4-9)8-7(11)6(2)10/h5-6,9-10H,3-4H2,1-2H3,(H,8,11)/t5?,6-/m1/s1. The zero-order valence-electron chi connectivity index (χ0n) is 6.87. The van der Waals surface area contributed by atoms with Crippen molar-refractivity contribution in [2.75, 3.05) is 6.61 Å². The van der Waals surface area contributed by atoms with Crippen molar-refractivity contribution in [3.8, 4) is 0 Å². The molecule has 3 N–H and O–H groups in total. The molecule has 4 heteroatoms. The maximum atomic E-state index is 10.8. The first-order chi connectivity index (χ1) is 5.07. The molecular formula is C7H15NO3. The molecular weight excluding hydrogens is 146 g/mol. The molecule has 0 aliphatic rings. The fourth-order valence-electron chi connectivity index (χ4n) is 0.629. The van der Waals surface area contributed by atoms with E-state index in [-0.39, 0.29) is 12.6 Å². The van der Waals surface area contributed by atoms with Crippen molar-refractivity contribution in [2.45, 2.75) is 32.4 Å². The summed E-state index contributed by atoms with van der Waals surface area (Å²) in [4.78, 5) is 10.8. The number of aliphatic hydroxyl groups excluding tert-OH is 2. The number of aliphatic hydroxyl groups is 2. The van der Waals surface area contributed by atoms with Gasteiger partial charge in [0.1, 0.15) is 6.10 Å². The maximum absolute atomic E-state index is 10.8. The summed E-state index contributed by atoms with van der Waals surface area (Å²) in [5.74, 6) is -0.397. The molecule has 0 rings (SSSR count). The maximum Gasteiger partial charge on any atom is 0.248 e. The minimum absolute atomic E-state index is 0.0429. The predicted octanol–water partition coefficient (Wildman–Crippen LogP) is -0.746. The third-order valence-corrected chi connectivity index (χ3v) is 1.33. The van der Waals surface area contributed by atoms with Gasteiger partial charge in [-0.15, -0.1) is 0 Å². The Morgan fingerprint density at radius 2 is 2.09 bits per heavy atom. The molecule has 0 bridgehead atoms. The monoisotopic (exact) mass is 161 g/mol. The van der Waals surface area contributed by atoms with Crippen LogP contribution in [-0.4, -0.2) is 34.9 Å². The van der Waals surface area contributed by atoms with E-state index in [0.717, 1.165) is 0 Å². The third-order valence-electron chi connectivity index (χ3n) is 1.33. The second-order valence-electron chi connectivity index (χ2n) is 2.60. The summed E-state index contributed by atoms with van der Waals surface area (Å²) >= 11 is 0. The van der Waals surface area contributed by atoms with Gasteiger partial charge in [-0.3, -0.25) is 4.79 Å². The minimum atomic E-state index is -0.976. The van der Waals surface area contributed by atoms with Crippen LogP contribution in [0.5, 0.6) is 0 Å². The van der Waals surface area contributed by atoms with Crippen LogP contribution < -0.4 is 5.32 Å². The average molecular weight is 161 g/mol. The average Bonchev–Trinajstić information content (AvgIpc) is 1.87. The molecule has 0 aromatic carbocycles. The van der Waals surface area contributed by atoms with Crippen LogP contribution in [0.2, 0.25) is 0 Å². The second kappa shape index (κ2) is 5.09. The van der Waals surface area contributed by atoms with Crippen molar-refractivity contribution in [3.63, 3.8) is 0 Å². The van der Waals surface area contributed by atoms with E-state index in [4.69, 9.17) is 10.2 Å². The smallest absolute Gasteiger partial charge is 0.248 e. The Labute approximate surface area is 66.2 Å². The van der Waals surface area contributed by atoms with E-state index in [1.165, 1.54) is 6.92 Å². The number of hydrogen-bond acceptors (Lipinski definition) is 3. The lowest BCUT2D eigenvalue weighted by Gasteiger charge is -2.13. The molecule has 4 nitrogen and oxygen atoms in total. The number of carbonyl (C=O) groups is 1. The lowest BCUT2D eigenvalue weighted by atomic mass is 10.2. The number of amides is 1. The molecule has 1 amide bonds. The molecule has 0 spiro atoms. The van der Waals surface area contributed by atoms with Gasteiger partial charge in [-0.2, -0.15) is 0 Å². The molecule has 0 fully saturated rings. The second-order valence-corrected chi connectivity index (χ2v) is 2.60.